The number of ether oxygens (including phenoxy) is 1. The summed E-state index contributed by atoms with van der Waals surface area (Å²) >= 11 is 0. The number of amides is 1. The summed E-state index contributed by atoms with van der Waals surface area (Å²) in [5, 5.41) is 3.06. The van der Waals surface area contributed by atoms with Crippen LogP contribution in [0.4, 0.5) is 5.69 Å². The molecule has 0 radical (unpaired) electrons. The molecule has 2 aromatic carbocycles. The Kier molecular flexibility index (Phi) is 6.61. The molecule has 1 aliphatic rings. The quantitative estimate of drug-likeness (QED) is 0.777. The zero-order chi connectivity index (χ0) is 20.1. The van der Waals surface area contributed by atoms with Gasteiger partial charge in [-0.1, -0.05) is 36.8 Å². The highest BCUT2D eigenvalue weighted by Crippen LogP contribution is 2.24. The fourth-order valence-corrected chi connectivity index (χ4v) is 3.69. The van der Waals surface area contributed by atoms with E-state index in [1.165, 1.54) is 24.1 Å². The van der Waals surface area contributed by atoms with Gasteiger partial charge in [0, 0.05) is 18.8 Å². The van der Waals surface area contributed by atoms with Crippen molar-refractivity contribution in [3.05, 3.63) is 59.7 Å². The third-order valence-electron chi connectivity index (χ3n) is 5.48. The van der Waals surface area contributed by atoms with Crippen molar-refractivity contribution in [3.63, 3.8) is 0 Å². The number of benzene rings is 2. The maximum Gasteiger partial charge on any atom is 0.261 e. The summed E-state index contributed by atoms with van der Waals surface area (Å²) in [7, 11) is 0. The van der Waals surface area contributed by atoms with Gasteiger partial charge in [-0.05, 0) is 69.4 Å². The number of rotatable bonds is 6. The number of hydrogen-bond donors (Lipinski definition) is 1. The maximum absolute atomic E-state index is 12.5. The first-order valence-corrected chi connectivity index (χ1v) is 10.3. The van der Waals surface area contributed by atoms with Crippen LogP contribution < -0.4 is 15.0 Å². The third kappa shape index (κ3) is 5.28. The summed E-state index contributed by atoms with van der Waals surface area (Å²) in [6.07, 6.45) is 2.04. The van der Waals surface area contributed by atoms with Crippen molar-refractivity contribution in [1.82, 2.24) is 5.32 Å². The molecule has 28 heavy (non-hydrogen) atoms. The Labute approximate surface area is 168 Å². The highest BCUT2D eigenvalue weighted by Gasteiger charge is 2.19. The summed E-state index contributed by atoms with van der Waals surface area (Å²) in [4.78, 5) is 15.0. The molecular weight excluding hydrogens is 348 g/mol. The van der Waals surface area contributed by atoms with E-state index in [2.05, 4.69) is 41.4 Å². The molecular formula is C24H32N2O2. The second-order valence-electron chi connectivity index (χ2n) is 8.09. The van der Waals surface area contributed by atoms with Gasteiger partial charge in [-0.15, -0.1) is 0 Å². The number of aryl methyl sites for hydroxylation is 1. The van der Waals surface area contributed by atoms with Gasteiger partial charge in [0.25, 0.3) is 5.91 Å². The van der Waals surface area contributed by atoms with Crippen molar-refractivity contribution >= 4 is 11.6 Å². The maximum atomic E-state index is 12.5. The summed E-state index contributed by atoms with van der Waals surface area (Å²) in [5.74, 6) is 1.35. The molecule has 0 unspecified atom stereocenters. The topological polar surface area (TPSA) is 41.6 Å². The predicted octanol–water partition coefficient (Wildman–Crippen LogP) is 4.88. The van der Waals surface area contributed by atoms with Crippen LogP contribution in [-0.4, -0.2) is 25.1 Å². The van der Waals surface area contributed by atoms with Gasteiger partial charge in [0.15, 0.2) is 6.10 Å². The molecule has 1 N–H and O–H groups in total. The van der Waals surface area contributed by atoms with Crippen LogP contribution >= 0.6 is 0 Å². The van der Waals surface area contributed by atoms with Crippen LogP contribution in [0, 0.1) is 12.8 Å². The Balaban J connectivity index is 1.55. The van der Waals surface area contributed by atoms with Crippen LogP contribution in [0.3, 0.4) is 0 Å². The Hall–Kier alpha value is -2.49. The van der Waals surface area contributed by atoms with E-state index in [9.17, 15) is 4.79 Å². The van der Waals surface area contributed by atoms with Crippen LogP contribution in [0.25, 0.3) is 0 Å². The number of nitrogens with zero attached hydrogens (tertiary/aromatic N) is 1. The van der Waals surface area contributed by atoms with E-state index in [1.807, 2.05) is 38.1 Å². The predicted molar refractivity (Wildman–Crippen MR) is 115 cm³/mol. The highest BCUT2D eigenvalue weighted by atomic mass is 16.5. The molecule has 1 fully saturated rings. The molecule has 4 heteroatoms. The molecule has 2 aromatic rings. The molecule has 0 aromatic heterocycles. The number of hydrogen-bond acceptors (Lipinski definition) is 3. The van der Waals surface area contributed by atoms with E-state index in [1.54, 1.807) is 6.92 Å². The third-order valence-corrected chi connectivity index (χ3v) is 5.48. The zero-order valence-electron chi connectivity index (χ0n) is 17.4. The Morgan fingerprint density at radius 2 is 1.79 bits per heavy atom. The largest absolute Gasteiger partial charge is 0.481 e. The zero-order valence-corrected chi connectivity index (χ0v) is 17.4. The van der Waals surface area contributed by atoms with Crippen LogP contribution in [0.5, 0.6) is 5.75 Å². The van der Waals surface area contributed by atoms with Crippen molar-refractivity contribution in [1.29, 1.82) is 0 Å². The highest BCUT2D eigenvalue weighted by molar-refractivity contribution is 5.81. The van der Waals surface area contributed by atoms with Gasteiger partial charge in [0.05, 0.1) is 6.04 Å². The molecule has 1 amide bonds. The van der Waals surface area contributed by atoms with Gasteiger partial charge in [-0.3, -0.25) is 4.79 Å². The van der Waals surface area contributed by atoms with Gasteiger partial charge < -0.3 is 15.0 Å². The van der Waals surface area contributed by atoms with E-state index < -0.39 is 6.10 Å². The summed E-state index contributed by atoms with van der Waals surface area (Å²) in [5.41, 5.74) is 3.54. The van der Waals surface area contributed by atoms with Crippen molar-refractivity contribution < 1.29 is 9.53 Å². The second-order valence-corrected chi connectivity index (χ2v) is 8.09. The van der Waals surface area contributed by atoms with Crippen LogP contribution in [0.1, 0.15) is 50.8 Å². The summed E-state index contributed by atoms with van der Waals surface area (Å²) < 4.78 is 5.76. The Bertz CT molecular complexity index is 770. The molecule has 3 atom stereocenters. The lowest BCUT2D eigenvalue weighted by molar-refractivity contribution is -0.127. The average molecular weight is 381 g/mol. The van der Waals surface area contributed by atoms with Gasteiger partial charge in [0.2, 0.25) is 0 Å². The minimum absolute atomic E-state index is 0.0640. The molecule has 1 heterocycles. The van der Waals surface area contributed by atoms with Crippen molar-refractivity contribution in [3.8, 4) is 5.75 Å². The lowest BCUT2D eigenvalue weighted by Crippen LogP contribution is -2.37. The molecule has 3 rings (SSSR count). The number of piperidine rings is 1. The standard InChI is InChI=1S/C24H32N2O2/c1-17-7-13-23(14-8-17)28-20(4)24(27)25-19(3)21-9-11-22(12-10-21)26-15-5-6-18(2)16-26/h7-14,18-20H,5-6,15-16H2,1-4H3,(H,25,27)/t18-,19-,20+/m1/s1. The fourth-order valence-electron chi connectivity index (χ4n) is 3.69. The number of carbonyl (C=O) groups is 1. The lowest BCUT2D eigenvalue weighted by Gasteiger charge is -2.33. The average Bonchev–Trinajstić information content (AvgIpc) is 2.69. The van der Waals surface area contributed by atoms with Crippen LogP contribution in [0.15, 0.2) is 48.5 Å². The molecule has 0 spiro atoms. The number of anilines is 1. The minimum atomic E-state index is -0.542. The van der Waals surface area contributed by atoms with E-state index in [-0.39, 0.29) is 11.9 Å². The van der Waals surface area contributed by atoms with Crippen LogP contribution in [0.2, 0.25) is 0 Å². The van der Waals surface area contributed by atoms with E-state index in [4.69, 9.17) is 4.74 Å². The fraction of sp³-hybridized carbons (Fsp3) is 0.458. The first-order chi connectivity index (χ1) is 13.4. The minimum Gasteiger partial charge on any atom is -0.481 e. The smallest absolute Gasteiger partial charge is 0.261 e. The number of nitrogens with one attached hydrogen (secondary N) is 1. The monoisotopic (exact) mass is 380 g/mol. The molecule has 1 aliphatic heterocycles. The SMILES string of the molecule is Cc1ccc(O[C@@H](C)C(=O)N[C@H](C)c2ccc(N3CCC[C@@H](C)C3)cc2)cc1. The van der Waals surface area contributed by atoms with Gasteiger partial charge in [-0.25, -0.2) is 0 Å². The van der Waals surface area contributed by atoms with Gasteiger partial charge >= 0.3 is 0 Å². The Morgan fingerprint density at radius 1 is 1.11 bits per heavy atom. The molecule has 0 aliphatic carbocycles. The van der Waals surface area contributed by atoms with E-state index in [0.717, 1.165) is 24.6 Å². The molecule has 0 bridgehead atoms. The molecule has 4 nitrogen and oxygen atoms in total. The normalized spacial score (nSPS) is 19.0. The first-order valence-electron chi connectivity index (χ1n) is 10.3. The first kappa shape index (κ1) is 20.2. The van der Waals surface area contributed by atoms with Gasteiger partial charge in [0.1, 0.15) is 5.75 Å². The molecule has 150 valence electrons. The Morgan fingerprint density at radius 3 is 2.43 bits per heavy atom. The molecule has 0 saturated carbocycles. The second kappa shape index (κ2) is 9.13. The number of carbonyl (C=O) groups excluding carboxylic acids is 1. The van der Waals surface area contributed by atoms with E-state index >= 15 is 0 Å². The summed E-state index contributed by atoms with van der Waals surface area (Å²) in [6, 6.07) is 16.2. The van der Waals surface area contributed by atoms with Crippen molar-refractivity contribution in [2.45, 2.75) is 52.7 Å². The lowest BCUT2D eigenvalue weighted by atomic mass is 9.99. The van der Waals surface area contributed by atoms with Crippen molar-refractivity contribution in [2.24, 2.45) is 5.92 Å². The van der Waals surface area contributed by atoms with Crippen LogP contribution in [-0.2, 0) is 4.79 Å². The van der Waals surface area contributed by atoms with E-state index in [0.29, 0.717) is 5.75 Å². The molecule has 1 saturated heterocycles. The van der Waals surface area contributed by atoms with Crippen molar-refractivity contribution in [2.75, 3.05) is 18.0 Å². The van der Waals surface area contributed by atoms with Gasteiger partial charge in [-0.2, -0.15) is 0 Å². The summed E-state index contributed by atoms with van der Waals surface area (Å²) in [6.45, 7) is 10.4.